The molecule has 3 rings (SSSR count). The number of hydrogen-bond acceptors (Lipinski definition) is 2. The summed E-state index contributed by atoms with van der Waals surface area (Å²) in [5, 5.41) is 4.56. The van der Waals surface area contributed by atoms with Gasteiger partial charge in [0, 0.05) is 12.1 Å². The number of Topliss-reactive ketones (excluding diaryl/α,β-unsaturated/α-hetero) is 1. The van der Waals surface area contributed by atoms with Crippen LogP contribution in [0.5, 0.6) is 0 Å². The summed E-state index contributed by atoms with van der Waals surface area (Å²) in [7, 11) is 0. The molecule has 1 aliphatic carbocycles. The van der Waals surface area contributed by atoms with E-state index >= 15 is 0 Å². The summed E-state index contributed by atoms with van der Waals surface area (Å²) in [5.74, 6) is 0.605. The first-order valence-electron chi connectivity index (χ1n) is 5.91. The van der Waals surface area contributed by atoms with Crippen LogP contribution >= 0.6 is 0 Å². The van der Waals surface area contributed by atoms with Crippen LogP contribution in [0.1, 0.15) is 41.7 Å². The molecular formula is C14H14N2O. The van der Waals surface area contributed by atoms with Crippen LogP contribution in [0.15, 0.2) is 36.5 Å². The number of ketones is 1. The third-order valence-corrected chi connectivity index (χ3v) is 3.11. The first-order chi connectivity index (χ1) is 8.25. The molecule has 0 N–H and O–H groups in total. The first kappa shape index (κ1) is 10.3. The molecule has 86 valence electrons. The standard InChI is InChI=1S/C14H14N2O/c1-10(17)13-9-16(12-5-3-2-4-6-12)15-14(13)11-7-8-11/h2-6,9,11H,7-8H2,1H3. The summed E-state index contributed by atoms with van der Waals surface area (Å²) in [5.41, 5.74) is 2.75. The van der Waals surface area contributed by atoms with Crippen LogP contribution in [-0.4, -0.2) is 15.6 Å². The van der Waals surface area contributed by atoms with Gasteiger partial charge in [0.2, 0.25) is 0 Å². The molecule has 1 fully saturated rings. The van der Waals surface area contributed by atoms with Crippen LogP contribution in [0.3, 0.4) is 0 Å². The van der Waals surface area contributed by atoms with Crippen molar-refractivity contribution in [1.82, 2.24) is 9.78 Å². The van der Waals surface area contributed by atoms with Crippen LogP contribution in [0, 0.1) is 0 Å². The predicted octanol–water partition coefficient (Wildman–Crippen LogP) is 2.95. The number of nitrogens with zero attached hydrogens (tertiary/aromatic N) is 2. The Kier molecular flexibility index (Phi) is 2.32. The number of para-hydroxylation sites is 1. The Bertz CT molecular complexity index is 553. The molecule has 1 saturated carbocycles. The van der Waals surface area contributed by atoms with E-state index in [0.717, 1.165) is 29.8 Å². The van der Waals surface area contributed by atoms with Gasteiger partial charge in [0.05, 0.1) is 16.9 Å². The van der Waals surface area contributed by atoms with Gasteiger partial charge >= 0.3 is 0 Å². The van der Waals surface area contributed by atoms with Crippen molar-refractivity contribution in [2.45, 2.75) is 25.7 Å². The molecule has 0 amide bonds. The Balaban J connectivity index is 2.07. The van der Waals surface area contributed by atoms with Crippen molar-refractivity contribution in [1.29, 1.82) is 0 Å². The summed E-state index contributed by atoms with van der Waals surface area (Å²) >= 11 is 0. The molecule has 1 aromatic carbocycles. The van der Waals surface area contributed by atoms with Crippen LogP contribution in [0.2, 0.25) is 0 Å². The minimum atomic E-state index is 0.106. The van der Waals surface area contributed by atoms with Gasteiger partial charge in [-0.1, -0.05) is 18.2 Å². The molecule has 0 aliphatic heterocycles. The highest BCUT2D eigenvalue weighted by Crippen LogP contribution is 2.41. The third kappa shape index (κ3) is 1.88. The molecule has 1 aromatic heterocycles. The number of hydrogen-bond donors (Lipinski definition) is 0. The Labute approximate surface area is 100 Å². The van der Waals surface area contributed by atoms with Crippen molar-refractivity contribution >= 4 is 5.78 Å². The molecule has 3 nitrogen and oxygen atoms in total. The predicted molar refractivity (Wildman–Crippen MR) is 65.5 cm³/mol. The Morgan fingerprint density at radius 3 is 2.59 bits per heavy atom. The highest BCUT2D eigenvalue weighted by molar-refractivity contribution is 5.95. The van der Waals surface area contributed by atoms with E-state index in [1.807, 2.05) is 41.2 Å². The number of carbonyl (C=O) groups excluding carboxylic acids is 1. The maximum atomic E-state index is 11.6. The Morgan fingerprint density at radius 1 is 1.29 bits per heavy atom. The lowest BCUT2D eigenvalue weighted by molar-refractivity contribution is 0.101. The van der Waals surface area contributed by atoms with Gasteiger partial charge in [0.25, 0.3) is 0 Å². The summed E-state index contributed by atoms with van der Waals surface area (Å²) in [6.07, 6.45) is 4.17. The van der Waals surface area contributed by atoms with Gasteiger partial charge in [-0.15, -0.1) is 0 Å². The SMILES string of the molecule is CC(=O)c1cn(-c2ccccc2)nc1C1CC1. The lowest BCUT2D eigenvalue weighted by Crippen LogP contribution is -1.95. The molecule has 17 heavy (non-hydrogen) atoms. The summed E-state index contributed by atoms with van der Waals surface area (Å²) in [4.78, 5) is 11.6. The van der Waals surface area contributed by atoms with Crippen molar-refractivity contribution in [3.05, 3.63) is 47.8 Å². The quantitative estimate of drug-likeness (QED) is 0.754. The Morgan fingerprint density at radius 2 is 2.00 bits per heavy atom. The van der Waals surface area contributed by atoms with Crippen LogP contribution in [0.25, 0.3) is 5.69 Å². The molecule has 0 atom stereocenters. The molecule has 0 spiro atoms. The second-order valence-electron chi connectivity index (χ2n) is 4.54. The van der Waals surface area contributed by atoms with Crippen LogP contribution in [-0.2, 0) is 0 Å². The van der Waals surface area contributed by atoms with E-state index in [-0.39, 0.29) is 5.78 Å². The van der Waals surface area contributed by atoms with E-state index in [1.165, 1.54) is 0 Å². The fourth-order valence-electron chi connectivity index (χ4n) is 2.03. The molecule has 3 heteroatoms. The summed E-state index contributed by atoms with van der Waals surface area (Å²) < 4.78 is 1.81. The maximum Gasteiger partial charge on any atom is 0.163 e. The first-order valence-corrected chi connectivity index (χ1v) is 5.91. The van der Waals surface area contributed by atoms with Gasteiger partial charge < -0.3 is 0 Å². The molecule has 0 unspecified atom stereocenters. The zero-order valence-electron chi connectivity index (χ0n) is 9.76. The third-order valence-electron chi connectivity index (χ3n) is 3.11. The van der Waals surface area contributed by atoms with Crippen molar-refractivity contribution in [2.75, 3.05) is 0 Å². The second kappa shape index (κ2) is 3.84. The number of rotatable bonds is 3. The average molecular weight is 226 g/mol. The van der Waals surface area contributed by atoms with Crippen molar-refractivity contribution in [2.24, 2.45) is 0 Å². The van der Waals surface area contributed by atoms with Crippen LogP contribution < -0.4 is 0 Å². The van der Waals surface area contributed by atoms with E-state index in [9.17, 15) is 4.79 Å². The highest BCUT2D eigenvalue weighted by atomic mass is 16.1. The van der Waals surface area contributed by atoms with Crippen LogP contribution in [0.4, 0.5) is 0 Å². The van der Waals surface area contributed by atoms with E-state index in [1.54, 1.807) is 6.92 Å². The van der Waals surface area contributed by atoms with Gasteiger partial charge in [-0.25, -0.2) is 4.68 Å². The molecule has 1 heterocycles. The second-order valence-corrected chi connectivity index (χ2v) is 4.54. The monoisotopic (exact) mass is 226 g/mol. The molecule has 2 aromatic rings. The van der Waals surface area contributed by atoms with Gasteiger partial charge in [-0.3, -0.25) is 4.79 Å². The minimum absolute atomic E-state index is 0.106. The summed E-state index contributed by atoms with van der Waals surface area (Å²) in [6.45, 7) is 1.61. The molecular weight excluding hydrogens is 212 g/mol. The molecule has 0 bridgehead atoms. The topological polar surface area (TPSA) is 34.9 Å². The number of benzene rings is 1. The van der Waals surface area contributed by atoms with Gasteiger partial charge in [-0.2, -0.15) is 5.10 Å². The molecule has 0 saturated heterocycles. The fraction of sp³-hybridized carbons (Fsp3) is 0.286. The minimum Gasteiger partial charge on any atom is -0.294 e. The van der Waals surface area contributed by atoms with Gasteiger partial charge in [0.15, 0.2) is 5.78 Å². The van der Waals surface area contributed by atoms with E-state index in [4.69, 9.17) is 0 Å². The van der Waals surface area contributed by atoms with Crippen molar-refractivity contribution in [3.63, 3.8) is 0 Å². The number of carbonyl (C=O) groups is 1. The molecule has 1 aliphatic rings. The smallest absolute Gasteiger partial charge is 0.163 e. The summed E-state index contributed by atoms with van der Waals surface area (Å²) in [6, 6.07) is 9.91. The zero-order valence-corrected chi connectivity index (χ0v) is 9.76. The fourth-order valence-corrected chi connectivity index (χ4v) is 2.03. The average Bonchev–Trinajstić information content (AvgIpc) is 3.09. The highest BCUT2D eigenvalue weighted by Gasteiger charge is 2.30. The molecule has 0 radical (unpaired) electrons. The van der Waals surface area contributed by atoms with E-state index in [0.29, 0.717) is 5.92 Å². The van der Waals surface area contributed by atoms with Gasteiger partial charge in [0.1, 0.15) is 0 Å². The Hall–Kier alpha value is -1.90. The largest absolute Gasteiger partial charge is 0.294 e. The van der Waals surface area contributed by atoms with Gasteiger partial charge in [-0.05, 0) is 31.9 Å². The van der Waals surface area contributed by atoms with Crippen molar-refractivity contribution < 1.29 is 4.79 Å². The lowest BCUT2D eigenvalue weighted by Gasteiger charge is -1.99. The normalized spacial score (nSPS) is 14.9. The van der Waals surface area contributed by atoms with E-state index < -0.39 is 0 Å². The maximum absolute atomic E-state index is 11.6. The zero-order chi connectivity index (χ0) is 11.8. The lowest BCUT2D eigenvalue weighted by atomic mass is 10.1. The van der Waals surface area contributed by atoms with Crippen molar-refractivity contribution in [3.8, 4) is 5.69 Å². The van der Waals surface area contributed by atoms with E-state index in [2.05, 4.69) is 5.10 Å². The number of aromatic nitrogens is 2.